The number of nitrogens with zero attached hydrogens (tertiary/aromatic N) is 1. The Morgan fingerprint density at radius 3 is 3.07 bits per heavy atom. The van der Waals surface area contributed by atoms with Crippen LogP contribution in [-0.4, -0.2) is 4.98 Å². The molecule has 1 aliphatic carbocycles. The molecule has 0 aromatic carbocycles. The highest BCUT2D eigenvalue weighted by atomic mass is 14.7. The molecule has 0 bridgehead atoms. The van der Waals surface area contributed by atoms with E-state index in [1.807, 2.05) is 13.1 Å². The van der Waals surface area contributed by atoms with Crippen LogP contribution in [0.1, 0.15) is 36.9 Å². The second-order valence-electron chi connectivity index (χ2n) is 4.48. The van der Waals surface area contributed by atoms with E-state index >= 15 is 0 Å². The Balaban J connectivity index is 1.98. The molecule has 0 spiro atoms. The maximum absolute atomic E-state index is 4.34. The van der Waals surface area contributed by atoms with Crippen molar-refractivity contribution in [3.05, 3.63) is 41.7 Å². The third-order valence-electron chi connectivity index (χ3n) is 3.07. The lowest BCUT2D eigenvalue weighted by Crippen LogP contribution is -2.01. The van der Waals surface area contributed by atoms with Gasteiger partial charge in [0.1, 0.15) is 0 Å². The van der Waals surface area contributed by atoms with E-state index in [1.165, 1.54) is 31.2 Å². The van der Waals surface area contributed by atoms with Crippen molar-refractivity contribution in [1.29, 1.82) is 0 Å². The van der Waals surface area contributed by atoms with E-state index in [4.69, 9.17) is 0 Å². The summed E-state index contributed by atoms with van der Waals surface area (Å²) in [4.78, 5) is 4.34. The van der Waals surface area contributed by atoms with Gasteiger partial charge in [0.05, 0.1) is 0 Å². The van der Waals surface area contributed by atoms with Crippen molar-refractivity contribution >= 4 is 0 Å². The van der Waals surface area contributed by atoms with Crippen LogP contribution < -0.4 is 0 Å². The molecular weight excluding hydrogens is 182 g/mol. The molecule has 0 N–H and O–H groups in total. The van der Waals surface area contributed by atoms with E-state index in [9.17, 15) is 0 Å². The van der Waals surface area contributed by atoms with Crippen LogP contribution in [0.2, 0.25) is 0 Å². The lowest BCUT2D eigenvalue weighted by molar-refractivity contribution is 0.559. The summed E-state index contributed by atoms with van der Waals surface area (Å²) in [5.74, 6) is 0.733. The molecule has 1 aromatic rings. The molecular formula is C14H19N. The van der Waals surface area contributed by atoms with E-state index in [1.54, 1.807) is 0 Å². The predicted octanol–water partition coefficient (Wildman–Crippen LogP) is 3.68. The summed E-state index contributed by atoms with van der Waals surface area (Å²) in [5.41, 5.74) is 2.48. The molecule has 0 radical (unpaired) electrons. The summed E-state index contributed by atoms with van der Waals surface area (Å²) >= 11 is 0. The topological polar surface area (TPSA) is 12.9 Å². The fraction of sp³-hybridized carbons (Fsp3) is 0.500. The summed E-state index contributed by atoms with van der Waals surface area (Å²) in [7, 11) is 0. The number of pyridine rings is 1. The molecule has 1 aromatic heterocycles. The Morgan fingerprint density at radius 1 is 1.33 bits per heavy atom. The Kier molecular flexibility index (Phi) is 3.54. The molecule has 1 unspecified atom stereocenters. The number of rotatable bonds is 2. The van der Waals surface area contributed by atoms with Crippen molar-refractivity contribution in [2.24, 2.45) is 5.92 Å². The number of aryl methyl sites for hydroxylation is 1. The molecule has 0 fully saturated rings. The molecule has 1 heteroatoms. The monoisotopic (exact) mass is 201 g/mol. The number of hydrogen-bond donors (Lipinski definition) is 0. The first kappa shape index (κ1) is 10.4. The van der Waals surface area contributed by atoms with Gasteiger partial charge in [0.25, 0.3) is 0 Å². The normalized spacial score (nSPS) is 21.3. The SMILES string of the molecule is Cc1ccc(CC2C=CCCCC2)cn1. The predicted molar refractivity (Wildman–Crippen MR) is 63.8 cm³/mol. The Morgan fingerprint density at radius 2 is 2.27 bits per heavy atom. The smallest absolute Gasteiger partial charge is 0.0372 e. The van der Waals surface area contributed by atoms with Crippen LogP contribution in [0.25, 0.3) is 0 Å². The number of allylic oxidation sites excluding steroid dienone is 2. The zero-order chi connectivity index (χ0) is 10.5. The fourth-order valence-corrected chi connectivity index (χ4v) is 2.15. The summed E-state index contributed by atoms with van der Waals surface area (Å²) in [5, 5.41) is 0. The maximum atomic E-state index is 4.34. The fourth-order valence-electron chi connectivity index (χ4n) is 2.15. The minimum Gasteiger partial charge on any atom is -0.261 e. The highest BCUT2D eigenvalue weighted by molar-refractivity contribution is 5.15. The van der Waals surface area contributed by atoms with E-state index in [-0.39, 0.29) is 0 Å². The Bertz CT molecular complexity index is 324. The van der Waals surface area contributed by atoms with Gasteiger partial charge in [-0.25, -0.2) is 0 Å². The molecule has 0 aliphatic heterocycles. The van der Waals surface area contributed by atoms with Gasteiger partial charge in [-0.15, -0.1) is 0 Å². The second-order valence-corrected chi connectivity index (χ2v) is 4.48. The molecule has 1 nitrogen and oxygen atoms in total. The van der Waals surface area contributed by atoms with Crippen LogP contribution >= 0.6 is 0 Å². The molecule has 15 heavy (non-hydrogen) atoms. The largest absolute Gasteiger partial charge is 0.261 e. The maximum Gasteiger partial charge on any atom is 0.0372 e. The minimum absolute atomic E-state index is 0.733. The van der Waals surface area contributed by atoms with Crippen molar-refractivity contribution in [2.75, 3.05) is 0 Å². The van der Waals surface area contributed by atoms with Gasteiger partial charge in [0.2, 0.25) is 0 Å². The van der Waals surface area contributed by atoms with Gasteiger partial charge in [-0.05, 0) is 50.2 Å². The summed E-state index contributed by atoms with van der Waals surface area (Å²) in [6.07, 6.45) is 13.3. The van der Waals surface area contributed by atoms with Crippen LogP contribution in [0.3, 0.4) is 0 Å². The summed E-state index contributed by atoms with van der Waals surface area (Å²) in [6.45, 7) is 2.04. The van der Waals surface area contributed by atoms with Gasteiger partial charge in [0.15, 0.2) is 0 Å². The zero-order valence-corrected chi connectivity index (χ0v) is 9.45. The van der Waals surface area contributed by atoms with Crippen LogP contribution in [-0.2, 0) is 6.42 Å². The van der Waals surface area contributed by atoms with Gasteiger partial charge in [-0.3, -0.25) is 4.98 Å². The standard InChI is InChI=1S/C14H19N/c1-12-8-9-14(11-15-12)10-13-6-4-2-3-5-7-13/h4,6,8-9,11,13H,2-3,5,7,10H2,1H3. The van der Waals surface area contributed by atoms with E-state index in [2.05, 4.69) is 29.3 Å². The molecule has 1 aliphatic rings. The number of aromatic nitrogens is 1. The first-order chi connectivity index (χ1) is 7.34. The number of hydrogen-bond acceptors (Lipinski definition) is 1. The van der Waals surface area contributed by atoms with Gasteiger partial charge in [-0.2, -0.15) is 0 Å². The summed E-state index contributed by atoms with van der Waals surface area (Å²) in [6, 6.07) is 4.32. The average Bonchev–Trinajstić information content (AvgIpc) is 2.50. The van der Waals surface area contributed by atoms with Gasteiger partial charge in [-0.1, -0.05) is 24.6 Å². The highest BCUT2D eigenvalue weighted by Gasteiger charge is 2.08. The lowest BCUT2D eigenvalue weighted by atomic mass is 9.96. The molecule has 0 saturated heterocycles. The summed E-state index contributed by atoms with van der Waals surface area (Å²) < 4.78 is 0. The van der Waals surface area contributed by atoms with Crippen molar-refractivity contribution in [3.8, 4) is 0 Å². The van der Waals surface area contributed by atoms with Gasteiger partial charge in [0, 0.05) is 11.9 Å². The average molecular weight is 201 g/mol. The Labute approximate surface area is 92.2 Å². The molecule has 1 heterocycles. The first-order valence-electron chi connectivity index (χ1n) is 5.93. The first-order valence-corrected chi connectivity index (χ1v) is 5.93. The third-order valence-corrected chi connectivity index (χ3v) is 3.07. The van der Waals surface area contributed by atoms with Crippen LogP contribution in [0, 0.1) is 12.8 Å². The van der Waals surface area contributed by atoms with Crippen molar-refractivity contribution in [2.45, 2.75) is 39.0 Å². The highest BCUT2D eigenvalue weighted by Crippen LogP contribution is 2.20. The van der Waals surface area contributed by atoms with Crippen molar-refractivity contribution < 1.29 is 0 Å². The molecule has 80 valence electrons. The van der Waals surface area contributed by atoms with Crippen LogP contribution in [0.4, 0.5) is 0 Å². The van der Waals surface area contributed by atoms with E-state index in [0.717, 1.165) is 18.0 Å². The molecule has 2 rings (SSSR count). The van der Waals surface area contributed by atoms with Gasteiger partial charge >= 0.3 is 0 Å². The quantitative estimate of drug-likeness (QED) is 0.665. The zero-order valence-electron chi connectivity index (χ0n) is 9.45. The van der Waals surface area contributed by atoms with Crippen molar-refractivity contribution in [1.82, 2.24) is 4.98 Å². The van der Waals surface area contributed by atoms with Crippen molar-refractivity contribution in [3.63, 3.8) is 0 Å². The van der Waals surface area contributed by atoms with Crippen LogP contribution in [0.5, 0.6) is 0 Å². The minimum atomic E-state index is 0.733. The van der Waals surface area contributed by atoms with E-state index < -0.39 is 0 Å². The Hall–Kier alpha value is -1.11. The molecule has 0 saturated carbocycles. The molecule has 0 amide bonds. The third kappa shape index (κ3) is 3.19. The van der Waals surface area contributed by atoms with E-state index in [0.29, 0.717) is 0 Å². The van der Waals surface area contributed by atoms with Crippen LogP contribution in [0.15, 0.2) is 30.5 Å². The second kappa shape index (κ2) is 5.11. The lowest BCUT2D eigenvalue weighted by Gasteiger charge is -2.10. The molecule has 1 atom stereocenters. The van der Waals surface area contributed by atoms with Gasteiger partial charge < -0.3 is 0 Å².